The van der Waals surface area contributed by atoms with Gasteiger partial charge in [0.25, 0.3) is 0 Å². The topological polar surface area (TPSA) is 114 Å². The van der Waals surface area contributed by atoms with E-state index in [0.717, 1.165) is 17.6 Å². The number of nitrogens with one attached hydrogen (secondary N) is 2. The van der Waals surface area contributed by atoms with Crippen LogP contribution in [0.2, 0.25) is 0 Å². The van der Waals surface area contributed by atoms with Crippen LogP contribution in [0.15, 0.2) is 5.38 Å². The molecule has 0 atom stereocenters. The van der Waals surface area contributed by atoms with Crippen molar-refractivity contribution in [1.29, 1.82) is 0 Å². The first-order chi connectivity index (χ1) is 9.30. The van der Waals surface area contributed by atoms with E-state index < -0.39 is 21.9 Å². The summed E-state index contributed by atoms with van der Waals surface area (Å²) in [7, 11) is -3.38. The molecule has 2 N–H and O–H groups in total. The summed E-state index contributed by atoms with van der Waals surface area (Å²) in [5.74, 6) is -0.909. The van der Waals surface area contributed by atoms with E-state index in [1.807, 2.05) is 0 Å². The molecule has 0 aromatic carbocycles. The third kappa shape index (κ3) is 6.48. The van der Waals surface area contributed by atoms with E-state index in [-0.39, 0.29) is 24.7 Å². The van der Waals surface area contributed by atoms with Gasteiger partial charge in [-0.25, -0.2) is 13.4 Å². The molecule has 0 aliphatic rings. The van der Waals surface area contributed by atoms with Gasteiger partial charge in [0.15, 0.2) is 5.13 Å². The van der Waals surface area contributed by atoms with Crippen molar-refractivity contribution in [2.45, 2.75) is 13.3 Å². The Balaban J connectivity index is 2.45. The van der Waals surface area contributed by atoms with Crippen LogP contribution < -0.4 is 10.0 Å². The number of sulfonamides is 1. The Morgan fingerprint density at radius 1 is 1.45 bits per heavy atom. The highest BCUT2D eigenvalue weighted by Gasteiger charge is 2.11. The van der Waals surface area contributed by atoms with Crippen LogP contribution in [0.3, 0.4) is 0 Å². The molecule has 0 fully saturated rings. The van der Waals surface area contributed by atoms with E-state index in [2.05, 4.69) is 19.8 Å². The number of hydrogen-bond donors (Lipinski definition) is 2. The minimum Gasteiger partial charge on any atom is -0.465 e. The minimum absolute atomic E-state index is 0.0403. The van der Waals surface area contributed by atoms with Gasteiger partial charge in [-0.3, -0.25) is 14.3 Å². The number of nitrogens with zero attached hydrogens (tertiary/aromatic N) is 1. The lowest BCUT2D eigenvalue weighted by Gasteiger charge is -2.03. The first kappa shape index (κ1) is 16.4. The van der Waals surface area contributed by atoms with Crippen molar-refractivity contribution in [2.24, 2.45) is 0 Å². The predicted molar refractivity (Wildman–Crippen MR) is 73.9 cm³/mol. The highest BCUT2D eigenvalue weighted by atomic mass is 32.2. The van der Waals surface area contributed by atoms with E-state index in [4.69, 9.17) is 0 Å². The van der Waals surface area contributed by atoms with E-state index in [9.17, 15) is 18.0 Å². The Kier molecular flexibility index (Phi) is 5.89. The number of aromatic nitrogens is 1. The smallest absolute Gasteiger partial charge is 0.325 e. The number of thiazole rings is 1. The second-order valence-corrected chi connectivity index (χ2v) is 6.38. The summed E-state index contributed by atoms with van der Waals surface area (Å²) >= 11 is 1.08. The molecule has 20 heavy (non-hydrogen) atoms. The second-order valence-electron chi connectivity index (χ2n) is 3.78. The molecule has 1 rings (SSSR count). The average Bonchev–Trinajstić information content (AvgIpc) is 2.71. The first-order valence-corrected chi connectivity index (χ1v) is 8.41. The zero-order valence-corrected chi connectivity index (χ0v) is 12.6. The maximum atomic E-state index is 11.5. The lowest BCUT2D eigenvalue weighted by Crippen LogP contribution is -2.31. The molecule has 1 aromatic rings. The van der Waals surface area contributed by atoms with Crippen LogP contribution in [0.5, 0.6) is 0 Å². The van der Waals surface area contributed by atoms with Crippen LogP contribution in [0.4, 0.5) is 5.13 Å². The SMILES string of the molecule is CCOC(=O)CNC(=O)Cc1csc(NS(C)(=O)=O)n1. The van der Waals surface area contributed by atoms with E-state index in [1.54, 1.807) is 12.3 Å². The number of anilines is 1. The molecule has 0 spiro atoms. The number of amides is 1. The molecule has 0 saturated heterocycles. The molecular formula is C10H15N3O5S2. The zero-order valence-electron chi connectivity index (χ0n) is 11.0. The summed E-state index contributed by atoms with van der Waals surface area (Å²) < 4.78 is 28.9. The molecule has 0 aliphatic carbocycles. The Bertz CT molecular complexity index is 581. The molecule has 0 saturated carbocycles. The molecule has 0 bridgehead atoms. The number of ether oxygens (including phenoxy) is 1. The third-order valence-electron chi connectivity index (χ3n) is 1.90. The van der Waals surface area contributed by atoms with Crippen LogP contribution >= 0.6 is 11.3 Å². The van der Waals surface area contributed by atoms with Crippen LogP contribution in [-0.4, -0.2) is 44.7 Å². The zero-order chi connectivity index (χ0) is 15.2. The van der Waals surface area contributed by atoms with Gasteiger partial charge in [0.2, 0.25) is 15.9 Å². The van der Waals surface area contributed by atoms with Crippen molar-refractivity contribution in [2.75, 3.05) is 24.1 Å². The van der Waals surface area contributed by atoms with Crippen molar-refractivity contribution in [3.8, 4) is 0 Å². The molecular weight excluding hydrogens is 306 g/mol. The molecule has 1 heterocycles. The lowest BCUT2D eigenvalue weighted by atomic mass is 10.3. The standard InChI is InChI=1S/C10H15N3O5S2/c1-3-18-9(15)5-11-8(14)4-7-6-19-10(12-7)13-20(2,16)17/h6H,3-5H2,1-2H3,(H,11,14)(H,12,13). The van der Waals surface area contributed by atoms with Gasteiger partial charge in [-0.2, -0.15) is 0 Å². The van der Waals surface area contributed by atoms with Crippen molar-refractivity contribution < 1.29 is 22.7 Å². The molecule has 0 radical (unpaired) electrons. The molecule has 1 aromatic heterocycles. The number of carbonyl (C=O) groups excluding carboxylic acids is 2. The fourth-order valence-electron chi connectivity index (χ4n) is 1.20. The monoisotopic (exact) mass is 321 g/mol. The van der Waals surface area contributed by atoms with E-state index in [1.165, 1.54) is 0 Å². The Morgan fingerprint density at radius 3 is 2.75 bits per heavy atom. The number of hydrogen-bond acceptors (Lipinski definition) is 7. The lowest BCUT2D eigenvalue weighted by molar-refractivity contribution is -0.143. The molecule has 0 unspecified atom stereocenters. The fourth-order valence-corrected chi connectivity index (χ4v) is 2.77. The van der Waals surface area contributed by atoms with Crippen LogP contribution in [-0.2, 0) is 30.8 Å². The summed E-state index contributed by atoms with van der Waals surface area (Å²) in [6, 6.07) is 0. The highest BCUT2D eigenvalue weighted by molar-refractivity contribution is 7.92. The van der Waals surface area contributed by atoms with Crippen molar-refractivity contribution in [3.63, 3.8) is 0 Å². The third-order valence-corrected chi connectivity index (χ3v) is 3.40. The van der Waals surface area contributed by atoms with Gasteiger partial charge in [-0.1, -0.05) is 0 Å². The van der Waals surface area contributed by atoms with Gasteiger partial charge < -0.3 is 10.1 Å². The van der Waals surface area contributed by atoms with Crippen LogP contribution in [0, 0.1) is 0 Å². The van der Waals surface area contributed by atoms with Gasteiger partial charge in [0.1, 0.15) is 6.54 Å². The van der Waals surface area contributed by atoms with Crippen LogP contribution in [0.25, 0.3) is 0 Å². The molecule has 0 aliphatic heterocycles. The van der Waals surface area contributed by atoms with Crippen molar-refractivity contribution >= 4 is 38.4 Å². The van der Waals surface area contributed by atoms with Gasteiger partial charge in [-0.15, -0.1) is 11.3 Å². The van der Waals surface area contributed by atoms with Crippen molar-refractivity contribution in [3.05, 3.63) is 11.1 Å². The van der Waals surface area contributed by atoms with Gasteiger partial charge in [0, 0.05) is 5.38 Å². The quantitative estimate of drug-likeness (QED) is 0.669. The van der Waals surface area contributed by atoms with Crippen molar-refractivity contribution in [1.82, 2.24) is 10.3 Å². The summed E-state index contributed by atoms with van der Waals surface area (Å²) in [6.45, 7) is 1.72. The molecule has 8 nitrogen and oxygen atoms in total. The van der Waals surface area contributed by atoms with Gasteiger partial charge >= 0.3 is 5.97 Å². The predicted octanol–water partition coefficient (Wildman–Crippen LogP) is -0.264. The summed E-state index contributed by atoms with van der Waals surface area (Å²) in [5.41, 5.74) is 0.419. The molecule has 1 amide bonds. The number of carbonyl (C=O) groups is 2. The maximum Gasteiger partial charge on any atom is 0.325 e. The Hall–Kier alpha value is -1.68. The Labute approximate surface area is 120 Å². The van der Waals surface area contributed by atoms with Gasteiger partial charge in [-0.05, 0) is 6.92 Å². The van der Waals surface area contributed by atoms with E-state index in [0.29, 0.717) is 5.69 Å². The Morgan fingerprint density at radius 2 is 2.15 bits per heavy atom. The summed E-state index contributed by atoms with van der Waals surface area (Å²) in [6.07, 6.45) is 0.974. The number of rotatable bonds is 7. The average molecular weight is 321 g/mol. The minimum atomic E-state index is -3.38. The molecule has 10 heteroatoms. The number of esters is 1. The normalized spacial score (nSPS) is 10.9. The maximum absolute atomic E-state index is 11.5. The van der Waals surface area contributed by atoms with E-state index >= 15 is 0 Å². The summed E-state index contributed by atoms with van der Waals surface area (Å²) in [4.78, 5) is 26.5. The highest BCUT2D eigenvalue weighted by Crippen LogP contribution is 2.16. The van der Waals surface area contributed by atoms with Gasteiger partial charge in [0.05, 0.1) is 25.0 Å². The molecule has 112 valence electrons. The second kappa shape index (κ2) is 7.20. The fraction of sp³-hybridized carbons (Fsp3) is 0.500. The summed E-state index contributed by atoms with van der Waals surface area (Å²) in [5, 5.41) is 4.15. The first-order valence-electron chi connectivity index (χ1n) is 5.64. The largest absolute Gasteiger partial charge is 0.465 e. The van der Waals surface area contributed by atoms with Crippen LogP contribution in [0.1, 0.15) is 12.6 Å².